The van der Waals surface area contributed by atoms with Crippen molar-refractivity contribution in [1.82, 2.24) is 14.8 Å². The number of para-hydroxylation sites is 2. The summed E-state index contributed by atoms with van der Waals surface area (Å²) < 4.78 is 13.1. The normalized spacial score (nSPS) is 10.7. The van der Waals surface area contributed by atoms with Crippen LogP contribution in [0.2, 0.25) is 5.02 Å². The standard InChI is InChI=1S/C21H23ClN4O3S/c1-4-26-19(12-29-18-8-6-5-7-17(18)28-3)24-25-21(26)30-13-20(27)23-16-11-15(22)10-9-14(16)2/h5-11H,4,12-13H2,1-3H3,(H,23,27). The van der Waals surface area contributed by atoms with Crippen molar-refractivity contribution in [3.63, 3.8) is 0 Å². The van der Waals surface area contributed by atoms with Gasteiger partial charge in [0.1, 0.15) is 6.61 Å². The Kier molecular flexibility index (Phi) is 7.59. The molecule has 0 spiro atoms. The number of methoxy groups -OCH3 is 1. The van der Waals surface area contributed by atoms with Crippen molar-refractivity contribution in [2.45, 2.75) is 32.2 Å². The van der Waals surface area contributed by atoms with E-state index in [9.17, 15) is 4.79 Å². The number of ether oxygens (including phenoxy) is 2. The number of aromatic nitrogens is 3. The molecular weight excluding hydrogens is 424 g/mol. The molecular formula is C21H23ClN4O3S. The molecule has 3 rings (SSSR count). The van der Waals surface area contributed by atoms with Crippen LogP contribution in [-0.4, -0.2) is 33.5 Å². The van der Waals surface area contributed by atoms with E-state index in [1.807, 2.05) is 48.7 Å². The van der Waals surface area contributed by atoms with Gasteiger partial charge in [-0.25, -0.2) is 0 Å². The third-order valence-corrected chi connectivity index (χ3v) is 5.54. The predicted octanol–water partition coefficient (Wildman–Crippen LogP) is 4.58. The van der Waals surface area contributed by atoms with Crippen LogP contribution in [0.5, 0.6) is 11.5 Å². The molecule has 0 bridgehead atoms. The average Bonchev–Trinajstić information content (AvgIpc) is 3.15. The van der Waals surface area contributed by atoms with Gasteiger partial charge in [-0.15, -0.1) is 10.2 Å². The highest BCUT2D eigenvalue weighted by Crippen LogP contribution is 2.27. The molecule has 1 heterocycles. The lowest BCUT2D eigenvalue weighted by atomic mass is 10.2. The maximum Gasteiger partial charge on any atom is 0.234 e. The molecule has 30 heavy (non-hydrogen) atoms. The summed E-state index contributed by atoms with van der Waals surface area (Å²) in [6.45, 7) is 4.82. The van der Waals surface area contributed by atoms with E-state index in [-0.39, 0.29) is 18.3 Å². The lowest BCUT2D eigenvalue weighted by Gasteiger charge is -2.11. The number of carbonyl (C=O) groups excluding carboxylic acids is 1. The molecule has 0 aliphatic heterocycles. The molecule has 1 N–H and O–H groups in total. The fourth-order valence-electron chi connectivity index (χ4n) is 2.78. The first-order chi connectivity index (χ1) is 14.5. The number of nitrogens with one attached hydrogen (secondary N) is 1. The molecule has 0 atom stereocenters. The average molecular weight is 447 g/mol. The van der Waals surface area contributed by atoms with Crippen LogP contribution in [0.3, 0.4) is 0 Å². The number of hydrogen-bond donors (Lipinski definition) is 1. The molecule has 0 saturated heterocycles. The molecule has 9 heteroatoms. The van der Waals surface area contributed by atoms with Crippen molar-refractivity contribution >= 4 is 35.0 Å². The molecule has 0 saturated carbocycles. The van der Waals surface area contributed by atoms with Crippen molar-refractivity contribution in [2.24, 2.45) is 0 Å². The van der Waals surface area contributed by atoms with Crippen LogP contribution in [0, 0.1) is 6.92 Å². The van der Waals surface area contributed by atoms with Crippen LogP contribution in [0.1, 0.15) is 18.3 Å². The molecule has 3 aromatic rings. The molecule has 0 fully saturated rings. The molecule has 158 valence electrons. The van der Waals surface area contributed by atoms with Crippen LogP contribution in [-0.2, 0) is 17.9 Å². The molecule has 2 aromatic carbocycles. The van der Waals surface area contributed by atoms with Gasteiger partial charge in [-0.2, -0.15) is 0 Å². The summed E-state index contributed by atoms with van der Waals surface area (Å²) in [5.74, 6) is 2.04. The summed E-state index contributed by atoms with van der Waals surface area (Å²) in [6, 6.07) is 12.8. The van der Waals surface area contributed by atoms with Crippen molar-refractivity contribution in [3.8, 4) is 11.5 Å². The number of carbonyl (C=O) groups is 1. The highest BCUT2D eigenvalue weighted by Gasteiger charge is 2.15. The Morgan fingerprint density at radius 1 is 1.20 bits per heavy atom. The molecule has 0 aliphatic rings. The van der Waals surface area contributed by atoms with Crippen LogP contribution < -0.4 is 14.8 Å². The Labute approximate surface area is 184 Å². The lowest BCUT2D eigenvalue weighted by molar-refractivity contribution is -0.113. The van der Waals surface area contributed by atoms with Gasteiger partial charge < -0.3 is 19.4 Å². The number of amides is 1. The number of anilines is 1. The number of thioether (sulfide) groups is 1. The van der Waals surface area contributed by atoms with Crippen LogP contribution in [0.25, 0.3) is 0 Å². The Balaban J connectivity index is 1.61. The summed E-state index contributed by atoms with van der Waals surface area (Å²) in [6.07, 6.45) is 0. The summed E-state index contributed by atoms with van der Waals surface area (Å²) in [5.41, 5.74) is 1.65. The van der Waals surface area contributed by atoms with Crippen molar-refractivity contribution in [2.75, 3.05) is 18.2 Å². The summed E-state index contributed by atoms with van der Waals surface area (Å²) in [5, 5.41) is 12.6. The number of benzene rings is 2. The zero-order valence-corrected chi connectivity index (χ0v) is 18.6. The molecule has 0 unspecified atom stereocenters. The minimum absolute atomic E-state index is 0.136. The number of nitrogens with zero attached hydrogens (tertiary/aromatic N) is 3. The maximum atomic E-state index is 12.4. The van der Waals surface area contributed by atoms with Crippen molar-refractivity contribution in [1.29, 1.82) is 0 Å². The van der Waals surface area contributed by atoms with Crippen LogP contribution >= 0.6 is 23.4 Å². The minimum atomic E-state index is -0.136. The van der Waals surface area contributed by atoms with Gasteiger partial charge in [-0.3, -0.25) is 4.79 Å². The zero-order chi connectivity index (χ0) is 21.5. The smallest absolute Gasteiger partial charge is 0.234 e. The topological polar surface area (TPSA) is 78.3 Å². The fourth-order valence-corrected chi connectivity index (χ4v) is 3.77. The second-order valence-electron chi connectivity index (χ2n) is 6.38. The highest BCUT2D eigenvalue weighted by molar-refractivity contribution is 7.99. The lowest BCUT2D eigenvalue weighted by Crippen LogP contribution is -2.15. The van der Waals surface area contributed by atoms with E-state index in [1.54, 1.807) is 19.2 Å². The molecule has 0 aliphatic carbocycles. The van der Waals surface area contributed by atoms with E-state index in [4.69, 9.17) is 21.1 Å². The third kappa shape index (κ3) is 5.46. The number of aryl methyl sites for hydroxylation is 1. The van der Waals surface area contributed by atoms with E-state index in [1.165, 1.54) is 11.8 Å². The number of halogens is 1. The van der Waals surface area contributed by atoms with Gasteiger partial charge in [-0.1, -0.05) is 41.6 Å². The SMILES string of the molecule is CCn1c(COc2ccccc2OC)nnc1SCC(=O)Nc1cc(Cl)ccc1C. The van der Waals surface area contributed by atoms with Crippen LogP contribution in [0.15, 0.2) is 47.6 Å². The largest absolute Gasteiger partial charge is 0.493 e. The van der Waals surface area contributed by atoms with Gasteiger partial charge in [0, 0.05) is 17.3 Å². The third-order valence-electron chi connectivity index (χ3n) is 4.34. The van der Waals surface area contributed by atoms with E-state index in [0.717, 1.165) is 5.56 Å². The zero-order valence-electron chi connectivity index (χ0n) is 17.0. The summed E-state index contributed by atoms with van der Waals surface area (Å²) in [7, 11) is 1.60. The van der Waals surface area contributed by atoms with E-state index >= 15 is 0 Å². The number of rotatable bonds is 9. The first kappa shape index (κ1) is 22.0. The van der Waals surface area contributed by atoms with Gasteiger partial charge >= 0.3 is 0 Å². The van der Waals surface area contributed by atoms with E-state index in [2.05, 4.69) is 15.5 Å². The Bertz CT molecular complexity index is 1030. The highest BCUT2D eigenvalue weighted by atomic mass is 35.5. The summed E-state index contributed by atoms with van der Waals surface area (Å²) in [4.78, 5) is 12.4. The first-order valence-electron chi connectivity index (χ1n) is 9.38. The van der Waals surface area contributed by atoms with Gasteiger partial charge in [0.2, 0.25) is 5.91 Å². The van der Waals surface area contributed by atoms with Gasteiger partial charge in [0.25, 0.3) is 0 Å². The van der Waals surface area contributed by atoms with Crippen molar-refractivity contribution < 1.29 is 14.3 Å². The second kappa shape index (κ2) is 10.4. The maximum absolute atomic E-state index is 12.4. The van der Waals surface area contributed by atoms with Gasteiger partial charge in [0.05, 0.1) is 12.9 Å². The summed E-state index contributed by atoms with van der Waals surface area (Å²) >= 11 is 7.33. The first-order valence-corrected chi connectivity index (χ1v) is 10.7. The fraction of sp³-hybridized carbons (Fsp3) is 0.286. The minimum Gasteiger partial charge on any atom is -0.493 e. The predicted molar refractivity (Wildman–Crippen MR) is 119 cm³/mol. The Hall–Kier alpha value is -2.71. The molecule has 0 radical (unpaired) electrons. The monoisotopic (exact) mass is 446 g/mol. The van der Waals surface area contributed by atoms with Gasteiger partial charge in [0.15, 0.2) is 22.5 Å². The molecule has 7 nitrogen and oxygen atoms in total. The van der Waals surface area contributed by atoms with Gasteiger partial charge in [-0.05, 0) is 43.7 Å². The van der Waals surface area contributed by atoms with Crippen molar-refractivity contribution in [3.05, 3.63) is 58.9 Å². The van der Waals surface area contributed by atoms with E-state index in [0.29, 0.717) is 39.7 Å². The quantitative estimate of drug-likeness (QED) is 0.485. The van der Waals surface area contributed by atoms with Crippen LogP contribution in [0.4, 0.5) is 5.69 Å². The second-order valence-corrected chi connectivity index (χ2v) is 7.76. The molecule has 1 amide bonds. The number of hydrogen-bond acceptors (Lipinski definition) is 6. The van der Waals surface area contributed by atoms with E-state index < -0.39 is 0 Å². The Morgan fingerprint density at radius 3 is 2.70 bits per heavy atom. The Morgan fingerprint density at radius 2 is 1.97 bits per heavy atom. The molecule has 1 aromatic heterocycles.